The quantitative estimate of drug-likeness (QED) is 0.605. The average molecular weight is 349 g/mol. The Balaban J connectivity index is 2.82. The number of aliphatic carboxylic acids is 1. The van der Waals surface area contributed by atoms with Gasteiger partial charge in [0, 0.05) is 14.9 Å². The van der Waals surface area contributed by atoms with E-state index in [1.807, 2.05) is 0 Å². The summed E-state index contributed by atoms with van der Waals surface area (Å²) < 4.78 is 5.26. The van der Waals surface area contributed by atoms with Gasteiger partial charge in [0.05, 0.1) is 12.4 Å². The number of esters is 1. The zero-order valence-corrected chi connectivity index (χ0v) is 12.5. The smallest absolute Gasteiger partial charge is 0.339 e. The number of carboxylic acids is 1. The summed E-state index contributed by atoms with van der Waals surface area (Å²) in [6.45, 7) is 1.85. The summed E-state index contributed by atoms with van der Waals surface area (Å²) in [4.78, 5) is 22.6. The number of aliphatic hydroxyl groups is 1. The monoisotopic (exact) mass is 348 g/mol. The molecular weight excluding hydrogens is 336 g/mol. The summed E-state index contributed by atoms with van der Waals surface area (Å²) in [6, 6.07) is 4.87. The minimum atomic E-state index is -1.35. The number of benzene rings is 1. The molecule has 0 spiro atoms. The Labute approximate surface area is 123 Å². The van der Waals surface area contributed by atoms with Crippen molar-refractivity contribution in [3.8, 4) is 0 Å². The fraction of sp³-hybridized carbons (Fsp3) is 0.333. The number of carbonyl (C=O) groups excluding carboxylic acids is 1. The molecule has 19 heavy (non-hydrogen) atoms. The number of ether oxygens (including phenoxy) is 1. The third-order valence-electron chi connectivity index (χ3n) is 2.14. The van der Waals surface area contributed by atoms with Crippen molar-refractivity contribution in [1.29, 1.82) is 0 Å². The fourth-order valence-corrected chi connectivity index (χ4v) is 2.72. The second-order valence-corrected chi connectivity index (χ2v) is 5.42. The molecule has 1 aromatic carbocycles. The van der Waals surface area contributed by atoms with Crippen LogP contribution < -0.4 is 0 Å². The van der Waals surface area contributed by atoms with E-state index in [1.165, 1.54) is 0 Å². The van der Waals surface area contributed by atoms with Crippen LogP contribution in [0.5, 0.6) is 0 Å². The maximum absolute atomic E-state index is 11.4. The molecule has 0 aliphatic carbocycles. The predicted molar refractivity (Wildman–Crippen MR) is 74.1 cm³/mol. The Morgan fingerprint density at radius 3 is 2.68 bits per heavy atom. The third kappa shape index (κ3) is 4.85. The zero-order chi connectivity index (χ0) is 14.4. The minimum Gasteiger partial charge on any atom is -0.481 e. The Morgan fingerprint density at radius 1 is 1.47 bits per heavy atom. The molecule has 0 fully saturated rings. The Hall–Kier alpha value is -1.05. The molecule has 0 aliphatic heterocycles. The topological polar surface area (TPSA) is 83.8 Å². The van der Waals surface area contributed by atoms with Crippen LogP contribution in [-0.4, -0.2) is 34.5 Å². The van der Waals surface area contributed by atoms with E-state index >= 15 is 0 Å². The first-order valence-corrected chi connectivity index (χ1v) is 7.22. The van der Waals surface area contributed by atoms with Crippen LogP contribution in [0.15, 0.2) is 27.6 Å². The molecule has 1 aromatic rings. The Kier molecular flexibility index (Phi) is 6.33. The van der Waals surface area contributed by atoms with Crippen LogP contribution in [0.25, 0.3) is 0 Å². The molecule has 0 radical (unpaired) electrons. The lowest BCUT2D eigenvalue weighted by Crippen LogP contribution is -2.15. The third-order valence-corrected chi connectivity index (χ3v) is 3.80. The molecule has 0 aromatic heterocycles. The molecule has 0 amide bonds. The van der Waals surface area contributed by atoms with Crippen molar-refractivity contribution in [2.24, 2.45) is 0 Å². The number of thioether (sulfide) groups is 1. The maximum Gasteiger partial charge on any atom is 0.339 e. The first-order valence-electron chi connectivity index (χ1n) is 5.44. The lowest BCUT2D eigenvalue weighted by atomic mass is 10.1. The molecule has 0 aliphatic rings. The summed E-state index contributed by atoms with van der Waals surface area (Å²) in [6.07, 6.45) is -1.35. The molecule has 7 heteroatoms. The van der Waals surface area contributed by atoms with Crippen molar-refractivity contribution in [2.75, 3.05) is 12.4 Å². The standard InChI is InChI=1S/C12H13BrO5S/c1-2-18-12(17)11(16)8-4-3-7(5-9(8)13)19-6-10(14)15/h3-5,11,16H,2,6H2,1H3,(H,14,15). The van der Waals surface area contributed by atoms with E-state index in [4.69, 9.17) is 9.84 Å². The van der Waals surface area contributed by atoms with Gasteiger partial charge >= 0.3 is 11.9 Å². The highest BCUT2D eigenvalue weighted by Gasteiger charge is 2.21. The second kappa shape index (κ2) is 7.52. The number of carbonyl (C=O) groups is 2. The predicted octanol–water partition coefficient (Wildman–Crippen LogP) is 2.22. The molecule has 1 atom stereocenters. The van der Waals surface area contributed by atoms with Gasteiger partial charge in [-0.2, -0.15) is 0 Å². The van der Waals surface area contributed by atoms with Crippen LogP contribution in [0.2, 0.25) is 0 Å². The van der Waals surface area contributed by atoms with E-state index in [0.29, 0.717) is 10.0 Å². The average Bonchev–Trinajstić information content (AvgIpc) is 2.36. The summed E-state index contributed by atoms with van der Waals surface area (Å²) in [5, 5.41) is 18.4. The van der Waals surface area contributed by atoms with Crippen molar-refractivity contribution >= 4 is 39.6 Å². The molecule has 0 heterocycles. The van der Waals surface area contributed by atoms with Crippen molar-refractivity contribution < 1.29 is 24.5 Å². The van der Waals surface area contributed by atoms with E-state index in [9.17, 15) is 14.7 Å². The van der Waals surface area contributed by atoms with E-state index in [0.717, 1.165) is 16.7 Å². The van der Waals surface area contributed by atoms with E-state index in [1.54, 1.807) is 25.1 Å². The highest BCUT2D eigenvalue weighted by Crippen LogP contribution is 2.29. The fourth-order valence-electron chi connectivity index (χ4n) is 1.31. The molecule has 0 bridgehead atoms. The minimum absolute atomic E-state index is 0.0494. The molecule has 5 nitrogen and oxygen atoms in total. The summed E-state index contributed by atoms with van der Waals surface area (Å²) >= 11 is 4.40. The van der Waals surface area contributed by atoms with Crippen LogP contribution in [0.1, 0.15) is 18.6 Å². The first-order chi connectivity index (χ1) is 8.95. The van der Waals surface area contributed by atoms with Crippen molar-refractivity contribution in [3.63, 3.8) is 0 Å². The molecule has 2 N–H and O–H groups in total. The van der Waals surface area contributed by atoms with Gasteiger partial charge < -0.3 is 14.9 Å². The lowest BCUT2D eigenvalue weighted by Gasteiger charge is -2.12. The van der Waals surface area contributed by atoms with Gasteiger partial charge in [0.25, 0.3) is 0 Å². The summed E-state index contributed by atoms with van der Waals surface area (Å²) in [7, 11) is 0. The number of hydrogen-bond acceptors (Lipinski definition) is 5. The molecule has 104 valence electrons. The molecule has 1 rings (SSSR count). The van der Waals surface area contributed by atoms with Gasteiger partial charge in [-0.15, -0.1) is 11.8 Å². The normalized spacial score (nSPS) is 11.9. The summed E-state index contributed by atoms with van der Waals surface area (Å²) in [5.74, 6) is -1.67. The molecule has 0 saturated carbocycles. The van der Waals surface area contributed by atoms with Crippen molar-refractivity contribution in [3.05, 3.63) is 28.2 Å². The van der Waals surface area contributed by atoms with Crippen molar-refractivity contribution in [1.82, 2.24) is 0 Å². The lowest BCUT2D eigenvalue weighted by molar-refractivity contribution is -0.153. The van der Waals surface area contributed by atoms with E-state index in [2.05, 4.69) is 15.9 Å². The van der Waals surface area contributed by atoms with Crippen LogP contribution in [0.4, 0.5) is 0 Å². The second-order valence-electron chi connectivity index (χ2n) is 3.52. The highest BCUT2D eigenvalue weighted by molar-refractivity contribution is 9.10. The number of hydrogen-bond donors (Lipinski definition) is 2. The van der Waals surface area contributed by atoms with Crippen LogP contribution in [-0.2, 0) is 14.3 Å². The van der Waals surface area contributed by atoms with Crippen LogP contribution in [0.3, 0.4) is 0 Å². The largest absolute Gasteiger partial charge is 0.481 e. The molecule has 1 unspecified atom stereocenters. The maximum atomic E-state index is 11.4. The molecular formula is C12H13BrO5S. The number of rotatable bonds is 6. The SMILES string of the molecule is CCOC(=O)C(O)c1ccc(SCC(=O)O)cc1Br. The Morgan fingerprint density at radius 2 is 2.16 bits per heavy atom. The van der Waals surface area contributed by atoms with E-state index in [-0.39, 0.29) is 12.4 Å². The summed E-state index contributed by atoms with van der Waals surface area (Å²) in [5.41, 5.74) is 0.387. The highest BCUT2D eigenvalue weighted by atomic mass is 79.9. The number of halogens is 1. The number of aliphatic hydroxyl groups excluding tert-OH is 1. The van der Waals surface area contributed by atoms with Gasteiger partial charge in [-0.1, -0.05) is 22.0 Å². The van der Waals surface area contributed by atoms with E-state index < -0.39 is 18.0 Å². The van der Waals surface area contributed by atoms with Gasteiger partial charge in [-0.25, -0.2) is 4.79 Å². The number of carboxylic acid groups (broad SMARTS) is 1. The van der Waals surface area contributed by atoms with Gasteiger partial charge in [0.1, 0.15) is 0 Å². The van der Waals surface area contributed by atoms with Gasteiger partial charge in [0.15, 0.2) is 6.10 Å². The van der Waals surface area contributed by atoms with Crippen molar-refractivity contribution in [2.45, 2.75) is 17.9 Å². The Bertz CT molecular complexity index is 477. The van der Waals surface area contributed by atoms with Gasteiger partial charge in [-0.3, -0.25) is 4.79 Å². The zero-order valence-electron chi connectivity index (χ0n) is 10.1. The first kappa shape index (κ1) is 16.0. The van der Waals surface area contributed by atoms with Crippen LogP contribution >= 0.6 is 27.7 Å². The van der Waals surface area contributed by atoms with Gasteiger partial charge in [0.2, 0.25) is 0 Å². The molecule has 0 saturated heterocycles. The van der Waals surface area contributed by atoms with Crippen LogP contribution in [0, 0.1) is 0 Å². The van der Waals surface area contributed by atoms with Gasteiger partial charge in [-0.05, 0) is 19.1 Å².